The molecule has 2 aromatic rings. The summed E-state index contributed by atoms with van der Waals surface area (Å²) in [6.45, 7) is 6.85. The summed E-state index contributed by atoms with van der Waals surface area (Å²) in [7, 11) is 0. The minimum atomic E-state index is 0. The van der Waals surface area contributed by atoms with Crippen molar-refractivity contribution in [1.29, 1.82) is 0 Å². The second-order valence-corrected chi connectivity index (χ2v) is 7.19. The van der Waals surface area contributed by atoms with Crippen LogP contribution in [-0.2, 0) is 16.0 Å². The Morgan fingerprint density at radius 3 is 2.72 bits per heavy atom. The molecule has 1 N–H and O–H groups in total. The van der Waals surface area contributed by atoms with Gasteiger partial charge in [0.05, 0.1) is 24.9 Å². The topological polar surface area (TPSA) is 63.9 Å². The molecular formula is C21H30IN5O2. The molecule has 2 unspecified atom stereocenters. The average molecular weight is 511 g/mol. The number of aromatic nitrogens is 2. The average Bonchev–Trinajstić information content (AvgIpc) is 3.46. The van der Waals surface area contributed by atoms with Gasteiger partial charge in [0.1, 0.15) is 6.10 Å². The van der Waals surface area contributed by atoms with Gasteiger partial charge in [-0.3, -0.25) is 0 Å². The third-order valence-corrected chi connectivity index (χ3v) is 5.22. The molecule has 2 aliphatic rings. The number of guanidine groups is 1. The number of halogens is 1. The van der Waals surface area contributed by atoms with Crippen molar-refractivity contribution in [2.24, 2.45) is 4.99 Å². The molecular weight excluding hydrogens is 481 g/mol. The highest BCUT2D eigenvalue weighted by Gasteiger charge is 2.32. The number of morpholine rings is 1. The second-order valence-electron chi connectivity index (χ2n) is 7.19. The summed E-state index contributed by atoms with van der Waals surface area (Å²) in [5, 5.41) is 7.70. The second kappa shape index (κ2) is 10.9. The van der Waals surface area contributed by atoms with Crippen LogP contribution in [0.15, 0.2) is 47.7 Å². The maximum atomic E-state index is 5.97. The molecule has 0 aliphatic carbocycles. The van der Waals surface area contributed by atoms with E-state index < -0.39 is 0 Å². The van der Waals surface area contributed by atoms with E-state index in [-0.39, 0.29) is 36.2 Å². The molecule has 0 amide bonds. The van der Waals surface area contributed by atoms with Gasteiger partial charge >= 0.3 is 0 Å². The lowest BCUT2D eigenvalue weighted by Gasteiger charge is -2.37. The van der Waals surface area contributed by atoms with E-state index in [0.717, 1.165) is 50.7 Å². The quantitative estimate of drug-likeness (QED) is 0.380. The number of ether oxygens (including phenoxy) is 2. The normalized spacial score (nSPS) is 22.4. The van der Waals surface area contributed by atoms with E-state index >= 15 is 0 Å². The standard InChI is InChI=1S/C21H29N5O2.HI/c1-2-22-21(25-12-14-28-20(16-25)19-5-3-13-27-19)23-15-17-6-8-18(9-7-17)26-11-4-10-24-26;/h4,6-11,19-20H,2-3,5,12-16H2,1H3,(H,22,23);1H. The van der Waals surface area contributed by atoms with Crippen molar-refractivity contribution in [3.8, 4) is 5.69 Å². The summed E-state index contributed by atoms with van der Waals surface area (Å²) in [6, 6.07) is 10.3. The Balaban J connectivity index is 0.00000240. The number of aliphatic imine (C=N–C) groups is 1. The minimum Gasteiger partial charge on any atom is -0.375 e. The number of rotatable bonds is 5. The Hall–Kier alpha value is -1.65. The SMILES string of the molecule is CCNC(=NCc1ccc(-n2cccn2)cc1)N1CCOC(C2CCCO2)C1.I. The van der Waals surface area contributed by atoms with Crippen molar-refractivity contribution in [2.75, 3.05) is 32.8 Å². The highest BCUT2D eigenvalue weighted by atomic mass is 127. The van der Waals surface area contributed by atoms with Gasteiger partial charge in [-0.05, 0) is 43.5 Å². The molecule has 4 rings (SSSR count). The minimum absolute atomic E-state index is 0. The third-order valence-electron chi connectivity index (χ3n) is 5.22. The van der Waals surface area contributed by atoms with Gasteiger partial charge in [-0.1, -0.05) is 12.1 Å². The maximum Gasteiger partial charge on any atom is 0.194 e. The molecule has 1 aromatic carbocycles. The zero-order valence-corrected chi connectivity index (χ0v) is 19.2. The van der Waals surface area contributed by atoms with Crippen LogP contribution in [0.25, 0.3) is 5.69 Å². The first-order valence-corrected chi connectivity index (χ1v) is 10.2. The van der Waals surface area contributed by atoms with Crippen LogP contribution < -0.4 is 5.32 Å². The lowest BCUT2D eigenvalue weighted by atomic mass is 10.1. The Bertz CT molecular complexity index is 760. The Morgan fingerprint density at radius 1 is 1.21 bits per heavy atom. The smallest absolute Gasteiger partial charge is 0.194 e. The van der Waals surface area contributed by atoms with E-state index in [1.54, 1.807) is 6.20 Å². The maximum absolute atomic E-state index is 5.97. The molecule has 29 heavy (non-hydrogen) atoms. The first-order valence-electron chi connectivity index (χ1n) is 10.2. The molecule has 0 spiro atoms. The zero-order chi connectivity index (χ0) is 19.2. The molecule has 1 aromatic heterocycles. The van der Waals surface area contributed by atoms with Crippen molar-refractivity contribution < 1.29 is 9.47 Å². The van der Waals surface area contributed by atoms with Crippen LogP contribution in [0.1, 0.15) is 25.3 Å². The van der Waals surface area contributed by atoms with Gasteiger partial charge in [-0.25, -0.2) is 9.67 Å². The van der Waals surface area contributed by atoms with Crippen molar-refractivity contribution in [3.05, 3.63) is 48.3 Å². The van der Waals surface area contributed by atoms with E-state index in [9.17, 15) is 0 Å². The number of hydrogen-bond acceptors (Lipinski definition) is 4. The molecule has 0 bridgehead atoms. The van der Waals surface area contributed by atoms with Crippen molar-refractivity contribution in [3.63, 3.8) is 0 Å². The van der Waals surface area contributed by atoms with E-state index in [0.29, 0.717) is 13.2 Å². The number of benzene rings is 1. The molecule has 7 nitrogen and oxygen atoms in total. The van der Waals surface area contributed by atoms with Crippen LogP contribution in [0.5, 0.6) is 0 Å². The lowest BCUT2D eigenvalue weighted by molar-refractivity contribution is -0.0817. The molecule has 0 radical (unpaired) electrons. The third kappa shape index (κ3) is 5.70. The van der Waals surface area contributed by atoms with Gasteiger partial charge in [0.2, 0.25) is 0 Å². The Labute approximate surface area is 189 Å². The summed E-state index contributed by atoms with van der Waals surface area (Å²) in [4.78, 5) is 7.18. The fraction of sp³-hybridized carbons (Fsp3) is 0.524. The van der Waals surface area contributed by atoms with Gasteiger partial charge in [0.25, 0.3) is 0 Å². The summed E-state index contributed by atoms with van der Waals surface area (Å²) in [5.41, 5.74) is 2.23. The van der Waals surface area contributed by atoms with Crippen molar-refractivity contribution >= 4 is 29.9 Å². The van der Waals surface area contributed by atoms with Gasteiger partial charge in [0.15, 0.2) is 5.96 Å². The predicted molar refractivity (Wildman–Crippen MR) is 124 cm³/mol. The molecule has 2 atom stereocenters. The van der Waals surface area contributed by atoms with Gasteiger partial charge in [0, 0.05) is 38.6 Å². The van der Waals surface area contributed by atoms with Crippen molar-refractivity contribution in [1.82, 2.24) is 20.0 Å². The van der Waals surface area contributed by atoms with Crippen LogP contribution >= 0.6 is 24.0 Å². The van der Waals surface area contributed by atoms with Crippen LogP contribution in [0.2, 0.25) is 0 Å². The fourth-order valence-corrected chi connectivity index (χ4v) is 3.76. The summed E-state index contributed by atoms with van der Waals surface area (Å²) in [6.07, 6.45) is 6.31. The van der Waals surface area contributed by atoms with Crippen LogP contribution in [-0.4, -0.2) is 65.7 Å². The predicted octanol–water partition coefficient (Wildman–Crippen LogP) is 2.84. The monoisotopic (exact) mass is 511 g/mol. The molecule has 158 valence electrons. The van der Waals surface area contributed by atoms with Crippen LogP contribution in [0.4, 0.5) is 0 Å². The van der Waals surface area contributed by atoms with E-state index in [1.807, 2.05) is 16.9 Å². The van der Waals surface area contributed by atoms with Crippen molar-refractivity contribution in [2.45, 2.75) is 38.5 Å². The number of nitrogens with zero attached hydrogens (tertiary/aromatic N) is 4. The Morgan fingerprint density at radius 2 is 2.03 bits per heavy atom. The van der Waals surface area contributed by atoms with E-state index in [4.69, 9.17) is 14.5 Å². The number of nitrogens with one attached hydrogen (secondary N) is 1. The molecule has 2 fully saturated rings. The molecule has 0 saturated carbocycles. The van der Waals surface area contributed by atoms with Crippen LogP contribution in [0.3, 0.4) is 0 Å². The zero-order valence-electron chi connectivity index (χ0n) is 16.9. The van der Waals surface area contributed by atoms with Gasteiger partial charge < -0.3 is 19.7 Å². The lowest BCUT2D eigenvalue weighted by Crippen LogP contribution is -2.53. The number of hydrogen-bond donors (Lipinski definition) is 1. The first-order chi connectivity index (χ1) is 13.8. The molecule has 2 aliphatic heterocycles. The first kappa shape index (κ1) is 22.0. The Kier molecular flexibility index (Phi) is 8.31. The molecule has 2 saturated heterocycles. The van der Waals surface area contributed by atoms with E-state index in [2.05, 4.69) is 46.5 Å². The van der Waals surface area contributed by atoms with E-state index in [1.165, 1.54) is 5.56 Å². The highest BCUT2D eigenvalue weighted by molar-refractivity contribution is 14.0. The molecule has 3 heterocycles. The fourth-order valence-electron chi connectivity index (χ4n) is 3.76. The van der Waals surface area contributed by atoms with Gasteiger partial charge in [-0.15, -0.1) is 24.0 Å². The van der Waals surface area contributed by atoms with Gasteiger partial charge in [-0.2, -0.15) is 5.10 Å². The summed E-state index contributed by atoms with van der Waals surface area (Å²) in [5.74, 6) is 0.949. The largest absolute Gasteiger partial charge is 0.375 e. The highest BCUT2D eigenvalue weighted by Crippen LogP contribution is 2.21. The molecule has 8 heteroatoms. The summed E-state index contributed by atoms with van der Waals surface area (Å²) < 4.78 is 13.7. The summed E-state index contributed by atoms with van der Waals surface area (Å²) >= 11 is 0. The van der Waals surface area contributed by atoms with Crippen LogP contribution in [0, 0.1) is 0 Å².